The van der Waals surface area contributed by atoms with Gasteiger partial charge in [-0.3, -0.25) is 9.59 Å². The Kier molecular flexibility index (Phi) is 9.16. The average Bonchev–Trinajstić information content (AvgIpc) is 2.96. The van der Waals surface area contributed by atoms with Gasteiger partial charge in [-0.05, 0) is 86.3 Å². The van der Waals surface area contributed by atoms with Crippen molar-refractivity contribution >= 4 is 17.5 Å². The van der Waals surface area contributed by atoms with Gasteiger partial charge < -0.3 is 24.5 Å². The maximum absolute atomic E-state index is 14.2. The minimum Gasteiger partial charge on any atom is -0.497 e. The van der Waals surface area contributed by atoms with Gasteiger partial charge in [0.25, 0.3) is 17.4 Å². The Morgan fingerprint density at radius 1 is 1.05 bits per heavy atom. The number of carbonyl (C=O) groups is 2. The average molecular weight is 590 g/mol. The molecule has 0 aliphatic carbocycles. The molecule has 2 aromatic rings. The number of likely N-dealkylation sites (tertiary alicyclic amines) is 1. The molecule has 2 aliphatic heterocycles. The Hall–Kier alpha value is -3.27. The summed E-state index contributed by atoms with van der Waals surface area (Å²) in [5.74, 6) is -0.741. The van der Waals surface area contributed by atoms with Crippen LogP contribution in [0.5, 0.6) is 5.75 Å². The number of aliphatic hydroxyl groups is 1. The number of carbonyl (C=O) groups excluding carboxylic acids is 2. The second kappa shape index (κ2) is 12.1. The topological polar surface area (TPSA) is 73.3 Å². The fourth-order valence-corrected chi connectivity index (χ4v) is 6.36. The van der Waals surface area contributed by atoms with Crippen molar-refractivity contribution in [2.24, 2.45) is 11.3 Å². The van der Waals surface area contributed by atoms with E-state index in [1.165, 1.54) is 19.2 Å². The molecule has 2 heterocycles. The smallest absolute Gasteiger partial charge is 0.430 e. The maximum Gasteiger partial charge on any atom is 0.430 e. The third-order valence-corrected chi connectivity index (χ3v) is 9.07. The second-order valence-corrected chi connectivity index (χ2v) is 12.4. The molecule has 4 rings (SSSR count). The van der Waals surface area contributed by atoms with Gasteiger partial charge in [0.05, 0.1) is 7.11 Å². The quantitative estimate of drug-likeness (QED) is 0.469. The summed E-state index contributed by atoms with van der Waals surface area (Å²) >= 11 is 0. The van der Waals surface area contributed by atoms with Gasteiger partial charge in [0, 0.05) is 57.1 Å². The number of hydrogen-bond donors (Lipinski definition) is 1. The van der Waals surface area contributed by atoms with Gasteiger partial charge in [-0.15, -0.1) is 0 Å². The lowest BCUT2D eigenvalue weighted by Crippen LogP contribution is -2.57. The zero-order valence-corrected chi connectivity index (χ0v) is 25.1. The summed E-state index contributed by atoms with van der Waals surface area (Å²) in [6, 6.07) is 10.9. The van der Waals surface area contributed by atoms with E-state index < -0.39 is 23.2 Å². The Morgan fingerprint density at radius 2 is 1.69 bits per heavy atom. The van der Waals surface area contributed by atoms with Crippen LogP contribution in [0.15, 0.2) is 42.5 Å². The van der Waals surface area contributed by atoms with Crippen LogP contribution in [0.4, 0.5) is 18.9 Å². The van der Waals surface area contributed by atoms with Crippen LogP contribution >= 0.6 is 0 Å². The molecule has 0 spiro atoms. The number of ether oxygens (including phenoxy) is 1. The van der Waals surface area contributed by atoms with Crippen LogP contribution in [0.2, 0.25) is 0 Å². The van der Waals surface area contributed by atoms with Crippen LogP contribution in [-0.4, -0.2) is 80.3 Å². The minimum atomic E-state index is -5.19. The van der Waals surface area contributed by atoms with Crippen molar-refractivity contribution in [1.82, 2.24) is 9.80 Å². The summed E-state index contributed by atoms with van der Waals surface area (Å²) in [6.45, 7) is 6.22. The van der Waals surface area contributed by atoms with E-state index in [-0.39, 0.29) is 30.2 Å². The Morgan fingerprint density at radius 3 is 2.24 bits per heavy atom. The molecule has 10 heteroatoms. The van der Waals surface area contributed by atoms with E-state index in [9.17, 15) is 27.9 Å². The molecule has 2 aliphatic rings. The fourth-order valence-electron chi connectivity index (χ4n) is 6.36. The number of methoxy groups -OCH3 is 1. The lowest BCUT2D eigenvalue weighted by atomic mass is 9.71. The van der Waals surface area contributed by atoms with Crippen molar-refractivity contribution in [2.45, 2.75) is 57.7 Å². The molecular weight excluding hydrogens is 547 g/mol. The number of aryl methyl sites for hydroxylation is 1. The molecule has 1 N–H and O–H groups in total. The molecule has 230 valence electrons. The lowest BCUT2D eigenvalue weighted by molar-refractivity contribution is -0.262. The third kappa shape index (κ3) is 6.38. The van der Waals surface area contributed by atoms with Crippen LogP contribution in [0, 0.1) is 18.3 Å². The normalized spacial score (nSPS) is 19.3. The van der Waals surface area contributed by atoms with Gasteiger partial charge in [0.15, 0.2) is 0 Å². The summed E-state index contributed by atoms with van der Waals surface area (Å²) in [7, 11) is 4.80. The number of amides is 2. The van der Waals surface area contributed by atoms with E-state index >= 15 is 0 Å². The zero-order chi connectivity index (χ0) is 30.9. The van der Waals surface area contributed by atoms with Gasteiger partial charge in [0.1, 0.15) is 5.75 Å². The van der Waals surface area contributed by atoms with E-state index in [1.54, 1.807) is 19.0 Å². The Bertz CT molecular complexity index is 1280. The van der Waals surface area contributed by atoms with Crippen LogP contribution in [-0.2, 0) is 10.4 Å². The standard InChI is InChI=1S/C32H42F3N3O4/c1-22-19-25(9-10-27(22)28(39)36(3)4)37-15-11-23(12-16-37)21-30(2)13-17-38(18-14-30)29(40)31(41,32(33,34)35)24-7-6-8-26(20-24)42-5/h6-10,19-20,23,41H,11-18,21H2,1-5H3/t31-/m0/s1. The Labute approximate surface area is 246 Å². The van der Waals surface area contributed by atoms with Gasteiger partial charge in [-0.2, -0.15) is 13.2 Å². The first-order valence-electron chi connectivity index (χ1n) is 14.5. The van der Waals surface area contributed by atoms with Crippen molar-refractivity contribution in [3.63, 3.8) is 0 Å². The summed E-state index contributed by atoms with van der Waals surface area (Å²) in [6.07, 6.45) is -1.10. The summed E-state index contributed by atoms with van der Waals surface area (Å²) in [5.41, 5.74) is -1.53. The number of alkyl halides is 3. The molecule has 2 saturated heterocycles. The second-order valence-electron chi connectivity index (χ2n) is 12.4. The van der Waals surface area contributed by atoms with Crippen molar-refractivity contribution in [1.29, 1.82) is 0 Å². The first-order valence-corrected chi connectivity index (χ1v) is 14.5. The van der Waals surface area contributed by atoms with Crippen molar-refractivity contribution < 1.29 is 32.6 Å². The molecule has 0 unspecified atom stereocenters. The van der Waals surface area contributed by atoms with Crippen LogP contribution in [0.1, 0.15) is 60.5 Å². The lowest BCUT2D eigenvalue weighted by Gasteiger charge is -2.45. The van der Waals surface area contributed by atoms with Gasteiger partial charge >= 0.3 is 6.18 Å². The minimum absolute atomic E-state index is 0.0119. The first-order chi connectivity index (χ1) is 19.7. The first kappa shape index (κ1) is 31.7. The van der Waals surface area contributed by atoms with Crippen LogP contribution in [0.25, 0.3) is 0 Å². The highest BCUT2D eigenvalue weighted by Gasteiger charge is 2.62. The van der Waals surface area contributed by atoms with Crippen LogP contribution < -0.4 is 9.64 Å². The predicted octanol–water partition coefficient (Wildman–Crippen LogP) is 5.39. The van der Waals surface area contributed by atoms with Crippen molar-refractivity contribution in [3.05, 3.63) is 59.2 Å². The largest absolute Gasteiger partial charge is 0.497 e. The number of nitrogens with zero attached hydrogens (tertiary/aromatic N) is 3. The molecule has 0 aromatic heterocycles. The molecular formula is C32H42F3N3O4. The number of anilines is 1. The predicted molar refractivity (Wildman–Crippen MR) is 156 cm³/mol. The highest BCUT2D eigenvalue weighted by molar-refractivity contribution is 5.95. The zero-order valence-electron chi connectivity index (χ0n) is 25.1. The molecule has 0 radical (unpaired) electrons. The monoisotopic (exact) mass is 589 g/mol. The van der Waals surface area contributed by atoms with Gasteiger partial charge in [0.2, 0.25) is 0 Å². The van der Waals surface area contributed by atoms with E-state index in [1.807, 2.05) is 19.1 Å². The molecule has 2 amide bonds. The molecule has 0 bridgehead atoms. The molecule has 1 atom stereocenters. The van der Waals surface area contributed by atoms with Gasteiger partial charge in [-0.1, -0.05) is 19.1 Å². The maximum atomic E-state index is 14.2. The molecule has 0 saturated carbocycles. The van der Waals surface area contributed by atoms with Crippen LogP contribution in [0.3, 0.4) is 0 Å². The number of benzene rings is 2. The van der Waals surface area contributed by atoms with Crippen molar-refractivity contribution in [3.8, 4) is 5.75 Å². The number of piperidine rings is 2. The SMILES string of the molecule is COc1cccc([C@](O)(C(=O)N2CCC(C)(CC3CCN(c4ccc(C(=O)N(C)C)c(C)c4)CC3)CC2)C(F)(F)F)c1. The number of hydrogen-bond acceptors (Lipinski definition) is 5. The van der Waals surface area contributed by atoms with E-state index in [2.05, 4.69) is 17.9 Å². The molecule has 7 nitrogen and oxygen atoms in total. The number of rotatable bonds is 7. The van der Waals surface area contributed by atoms with E-state index in [4.69, 9.17) is 4.74 Å². The fraction of sp³-hybridized carbons (Fsp3) is 0.562. The van der Waals surface area contributed by atoms with E-state index in [0.29, 0.717) is 24.3 Å². The van der Waals surface area contributed by atoms with E-state index in [0.717, 1.165) is 60.6 Å². The molecule has 42 heavy (non-hydrogen) atoms. The van der Waals surface area contributed by atoms with Crippen molar-refractivity contribution in [2.75, 3.05) is 52.3 Å². The molecule has 2 aromatic carbocycles. The summed E-state index contributed by atoms with van der Waals surface area (Å²) in [4.78, 5) is 30.7. The highest BCUT2D eigenvalue weighted by Crippen LogP contribution is 2.45. The highest BCUT2D eigenvalue weighted by atomic mass is 19.4. The third-order valence-electron chi connectivity index (χ3n) is 9.07. The van der Waals surface area contributed by atoms with Gasteiger partial charge in [-0.25, -0.2) is 0 Å². The molecule has 2 fully saturated rings. The Balaban J connectivity index is 1.35. The number of halogens is 3. The summed E-state index contributed by atoms with van der Waals surface area (Å²) < 4.78 is 47.6. The summed E-state index contributed by atoms with van der Waals surface area (Å²) in [5, 5.41) is 10.9.